The third-order valence-electron chi connectivity index (χ3n) is 4.03. The fourth-order valence-corrected chi connectivity index (χ4v) is 3.03. The maximum Gasteiger partial charge on any atom is 0.193 e. The first kappa shape index (κ1) is 16.5. The minimum Gasteiger partial charge on any atom is -0.487 e. The molecule has 2 aromatic carbocycles. The molecule has 3 nitrogen and oxygen atoms in total. The van der Waals surface area contributed by atoms with E-state index in [0.29, 0.717) is 6.61 Å². The smallest absolute Gasteiger partial charge is 0.193 e. The van der Waals surface area contributed by atoms with Gasteiger partial charge in [0, 0.05) is 5.39 Å². The van der Waals surface area contributed by atoms with Crippen LogP contribution in [0.2, 0.25) is 0 Å². The van der Waals surface area contributed by atoms with Gasteiger partial charge in [-0.25, -0.2) is 4.98 Å². The summed E-state index contributed by atoms with van der Waals surface area (Å²) in [6.45, 7) is 2.39. The van der Waals surface area contributed by atoms with E-state index in [4.69, 9.17) is 4.74 Å². The van der Waals surface area contributed by atoms with Gasteiger partial charge in [-0.1, -0.05) is 43.3 Å². The van der Waals surface area contributed by atoms with E-state index in [-0.39, 0.29) is 11.0 Å². The number of aromatic nitrogens is 1. The Morgan fingerprint density at radius 1 is 1.08 bits per heavy atom. The van der Waals surface area contributed by atoms with Crippen molar-refractivity contribution in [2.45, 2.75) is 25.9 Å². The molecule has 4 heteroatoms. The summed E-state index contributed by atoms with van der Waals surface area (Å²) in [5.41, 5.74) is 2.82. The molecule has 1 atom stereocenters. The summed E-state index contributed by atoms with van der Waals surface area (Å²) >= 11 is 3.95. The lowest BCUT2D eigenvalue weighted by molar-refractivity contribution is -0.112. The highest BCUT2D eigenvalue weighted by atomic mass is 32.1. The monoisotopic (exact) mass is 337 g/mol. The standard InChI is InChI=1S/C20H19NO2S/c1-2-18(20(22)24)14-8-11-17(12-9-14)23-13-16-10-7-15-5-3-4-6-19(15)21-16/h3-12,18H,2,13H2,1H3,(H,22,24). The van der Waals surface area contributed by atoms with Crippen LogP contribution in [0.1, 0.15) is 30.5 Å². The van der Waals surface area contributed by atoms with E-state index in [2.05, 4.69) is 17.6 Å². The minimum atomic E-state index is -0.162. The van der Waals surface area contributed by atoms with Crippen molar-refractivity contribution in [3.05, 3.63) is 71.9 Å². The number of carbonyl (C=O) groups excluding carboxylic acids is 1. The molecule has 3 aromatic rings. The van der Waals surface area contributed by atoms with Crippen LogP contribution in [0, 0.1) is 0 Å². The van der Waals surface area contributed by atoms with Crippen molar-refractivity contribution in [1.82, 2.24) is 4.98 Å². The molecule has 0 saturated heterocycles. The first-order valence-electron chi connectivity index (χ1n) is 7.97. The Balaban J connectivity index is 1.68. The van der Waals surface area contributed by atoms with Gasteiger partial charge >= 0.3 is 0 Å². The Morgan fingerprint density at radius 3 is 2.54 bits per heavy atom. The van der Waals surface area contributed by atoms with Gasteiger partial charge in [0.25, 0.3) is 0 Å². The van der Waals surface area contributed by atoms with Crippen LogP contribution in [0.4, 0.5) is 0 Å². The van der Waals surface area contributed by atoms with Crippen LogP contribution in [0.5, 0.6) is 5.75 Å². The zero-order valence-corrected chi connectivity index (χ0v) is 14.4. The van der Waals surface area contributed by atoms with Crippen LogP contribution < -0.4 is 4.74 Å². The van der Waals surface area contributed by atoms with Crippen molar-refractivity contribution < 1.29 is 9.53 Å². The number of carbonyl (C=O) groups is 1. The van der Waals surface area contributed by atoms with Gasteiger partial charge in [0.05, 0.1) is 17.1 Å². The largest absolute Gasteiger partial charge is 0.487 e. The van der Waals surface area contributed by atoms with Crippen molar-refractivity contribution in [1.29, 1.82) is 0 Å². The van der Waals surface area contributed by atoms with E-state index in [9.17, 15) is 4.79 Å². The van der Waals surface area contributed by atoms with E-state index in [0.717, 1.165) is 34.3 Å². The number of nitrogens with zero attached hydrogens (tertiary/aromatic N) is 1. The van der Waals surface area contributed by atoms with Crippen molar-refractivity contribution in [3.8, 4) is 5.75 Å². The van der Waals surface area contributed by atoms with Gasteiger partial charge in [0.2, 0.25) is 0 Å². The summed E-state index contributed by atoms with van der Waals surface area (Å²) in [5.74, 6) is 0.597. The van der Waals surface area contributed by atoms with Crippen LogP contribution in [-0.2, 0) is 11.4 Å². The zero-order valence-electron chi connectivity index (χ0n) is 13.5. The minimum absolute atomic E-state index is 0.105. The first-order valence-corrected chi connectivity index (χ1v) is 8.42. The molecule has 0 fully saturated rings. The van der Waals surface area contributed by atoms with Gasteiger partial charge in [0.15, 0.2) is 5.12 Å². The number of thiol groups is 1. The molecule has 0 N–H and O–H groups in total. The van der Waals surface area contributed by atoms with Crippen molar-refractivity contribution in [2.75, 3.05) is 0 Å². The highest BCUT2D eigenvalue weighted by molar-refractivity contribution is 7.96. The zero-order chi connectivity index (χ0) is 16.9. The van der Waals surface area contributed by atoms with Crippen LogP contribution in [0.25, 0.3) is 10.9 Å². The van der Waals surface area contributed by atoms with E-state index < -0.39 is 0 Å². The first-order chi connectivity index (χ1) is 11.7. The van der Waals surface area contributed by atoms with Crippen LogP contribution in [0.3, 0.4) is 0 Å². The van der Waals surface area contributed by atoms with Crippen LogP contribution >= 0.6 is 12.6 Å². The molecule has 24 heavy (non-hydrogen) atoms. The van der Waals surface area contributed by atoms with Crippen molar-refractivity contribution in [3.63, 3.8) is 0 Å². The molecular formula is C20H19NO2S. The Hall–Kier alpha value is -2.33. The second-order valence-electron chi connectivity index (χ2n) is 5.65. The molecule has 0 aliphatic carbocycles. The lowest BCUT2D eigenvalue weighted by atomic mass is 9.98. The third-order valence-corrected chi connectivity index (χ3v) is 4.34. The Bertz CT molecular complexity index is 846. The molecule has 1 aromatic heterocycles. The predicted molar refractivity (Wildman–Crippen MR) is 99.5 cm³/mol. The normalized spacial score (nSPS) is 12.1. The second kappa shape index (κ2) is 7.49. The number of hydrogen-bond donors (Lipinski definition) is 1. The molecule has 0 radical (unpaired) electrons. The SMILES string of the molecule is CCC(C(=O)S)c1ccc(OCc2ccc3ccccc3n2)cc1. The lowest BCUT2D eigenvalue weighted by Crippen LogP contribution is -2.05. The molecule has 1 unspecified atom stereocenters. The molecule has 0 bridgehead atoms. The second-order valence-corrected chi connectivity index (χ2v) is 6.09. The van der Waals surface area contributed by atoms with E-state index in [1.165, 1.54) is 0 Å². The molecule has 0 spiro atoms. The average molecular weight is 337 g/mol. The summed E-state index contributed by atoms with van der Waals surface area (Å²) in [6.07, 6.45) is 0.740. The maximum atomic E-state index is 11.5. The summed E-state index contributed by atoms with van der Waals surface area (Å²) in [6, 6.07) is 19.7. The topological polar surface area (TPSA) is 39.2 Å². The number of rotatable bonds is 6. The highest BCUT2D eigenvalue weighted by Gasteiger charge is 2.15. The van der Waals surface area contributed by atoms with Gasteiger partial charge in [-0.05, 0) is 36.2 Å². The van der Waals surface area contributed by atoms with Crippen LogP contribution in [-0.4, -0.2) is 10.1 Å². The summed E-state index contributed by atoms with van der Waals surface area (Å²) in [5, 5.41) is 1.01. The van der Waals surface area contributed by atoms with Gasteiger partial charge in [0.1, 0.15) is 12.4 Å². The number of hydrogen-bond acceptors (Lipinski definition) is 3. The number of fused-ring (bicyclic) bond motifs is 1. The number of pyridine rings is 1. The molecule has 0 amide bonds. The fourth-order valence-electron chi connectivity index (χ4n) is 2.70. The van der Waals surface area contributed by atoms with Gasteiger partial charge in [-0.3, -0.25) is 4.79 Å². The fraction of sp³-hybridized carbons (Fsp3) is 0.200. The summed E-state index contributed by atoms with van der Waals surface area (Å²) in [4.78, 5) is 16.1. The average Bonchev–Trinajstić information content (AvgIpc) is 2.61. The van der Waals surface area contributed by atoms with Crippen molar-refractivity contribution in [2.24, 2.45) is 0 Å². The summed E-state index contributed by atoms with van der Waals surface area (Å²) < 4.78 is 5.80. The quantitative estimate of drug-likeness (QED) is 0.659. The van der Waals surface area contributed by atoms with Gasteiger partial charge in [-0.2, -0.15) is 0 Å². The van der Waals surface area contributed by atoms with E-state index in [1.54, 1.807) is 0 Å². The van der Waals surface area contributed by atoms with Crippen molar-refractivity contribution >= 4 is 28.6 Å². The highest BCUT2D eigenvalue weighted by Crippen LogP contribution is 2.24. The van der Waals surface area contributed by atoms with Gasteiger partial charge < -0.3 is 4.74 Å². The molecular weight excluding hydrogens is 318 g/mol. The lowest BCUT2D eigenvalue weighted by Gasteiger charge is -2.12. The Kier molecular flexibility index (Phi) is 5.16. The predicted octanol–water partition coefficient (Wildman–Crippen LogP) is 4.76. The maximum absolute atomic E-state index is 11.5. The number of para-hydroxylation sites is 1. The number of benzene rings is 2. The Morgan fingerprint density at radius 2 is 1.83 bits per heavy atom. The van der Waals surface area contributed by atoms with Gasteiger partial charge in [-0.15, -0.1) is 12.6 Å². The molecule has 1 heterocycles. The molecule has 3 rings (SSSR count). The third kappa shape index (κ3) is 3.77. The summed E-state index contributed by atoms with van der Waals surface area (Å²) in [7, 11) is 0. The molecule has 0 aliphatic heterocycles. The van der Waals surface area contributed by atoms with Crippen LogP contribution in [0.15, 0.2) is 60.7 Å². The molecule has 122 valence electrons. The van der Waals surface area contributed by atoms with E-state index in [1.807, 2.05) is 67.6 Å². The molecule has 0 aliphatic rings. The van der Waals surface area contributed by atoms with E-state index >= 15 is 0 Å². The number of ether oxygens (including phenoxy) is 1. The molecule has 0 saturated carbocycles. The Labute approximate surface area is 147 Å².